The van der Waals surface area contributed by atoms with Crippen LogP contribution in [-0.2, 0) is 19.2 Å². The van der Waals surface area contributed by atoms with Crippen LogP contribution in [0.15, 0.2) is 0 Å². The van der Waals surface area contributed by atoms with Gasteiger partial charge in [-0.3, -0.25) is 24.1 Å². The van der Waals surface area contributed by atoms with Gasteiger partial charge in [0.25, 0.3) is 0 Å². The number of imide groups is 1. The fourth-order valence-corrected chi connectivity index (χ4v) is 4.06. The molecule has 0 aliphatic heterocycles. The van der Waals surface area contributed by atoms with Crippen LogP contribution in [-0.4, -0.2) is 53.6 Å². The molecule has 0 aromatic heterocycles. The van der Waals surface area contributed by atoms with Crippen LogP contribution in [0.3, 0.4) is 0 Å². The van der Waals surface area contributed by atoms with Gasteiger partial charge in [-0.25, -0.2) is 0 Å². The van der Waals surface area contributed by atoms with Gasteiger partial charge in [-0.1, -0.05) is 6.92 Å². The maximum absolute atomic E-state index is 12.3. The minimum Gasteiger partial charge on any atom is -0.370 e. The number of nitrogens with zero attached hydrogens (tertiary/aromatic N) is 1. The smallest absolute Gasteiger partial charge is 0.230 e. The molecule has 0 aromatic rings. The number of nitrogens with one attached hydrogen (secondary N) is 1. The third-order valence-corrected chi connectivity index (χ3v) is 5.75. The van der Waals surface area contributed by atoms with E-state index >= 15 is 0 Å². The van der Waals surface area contributed by atoms with Crippen molar-refractivity contribution < 1.29 is 19.2 Å². The molecule has 7 nitrogen and oxygen atoms in total. The summed E-state index contributed by atoms with van der Waals surface area (Å²) in [6.45, 7) is 2.32. The number of nitrogens with two attached hydrogens (primary N) is 1. The van der Waals surface area contributed by atoms with Gasteiger partial charge >= 0.3 is 0 Å². The molecule has 1 saturated carbocycles. The summed E-state index contributed by atoms with van der Waals surface area (Å²) in [7, 11) is 1.64. The average Bonchev–Trinajstić information content (AvgIpc) is 2.58. The highest BCUT2D eigenvalue weighted by Gasteiger charge is 2.28. The zero-order valence-electron chi connectivity index (χ0n) is 15.0. The van der Waals surface area contributed by atoms with Gasteiger partial charge in [-0.15, -0.1) is 0 Å². The predicted octanol–water partition coefficient (Wildman–Crippen LogP) is 0.911. The molecule has 4 amide bonds. The van der Waals surface area contributed by atoms with Gasteiger partial charge in [0.1, 0.15) is 0 Å². The molecule has 1 fully saturated rings. The van der Waals surface area contributed by atoms with E-state index in [-0.39, 0.29) is 47.6 Å². The van der Waals surface area contributed by atoms with E-state index in [2.05, 4.69) is 5.32 Å². The van der Waals surface area contributed by atoms with E-state index < -0.39 is 0 Å². The maximum Gasteiger partial charge on any atom is 0.230 e. The molecular formula is C17H29N3O4S. The molecule has 0 saturated heterocycles. The Morgan fingerprint density at radius 2 is 1.92 bits per heavy atom. The summed E-state index contributed by atoms with van der Waals surface area (Å²) in [5, 5.41) is 2.70. The number of carbonyl (C=O) groups is 4. The first kappa shape index (κ1) is 21.5. The van der Waals surface area contributed by atoms with Crippen LogP contribution in [0, 0.1) is 11.8 Å². The van der Waals surface area contributed by atoms with Crippen LogP contribution >= 0.6 is 11.8 Å². The number of hydrogen-bond acceptors (Lipinski definition) is 5. The Morgan fingerprint density at radius 3 is 2.44 bits per heavy atom. The molecule has 1 atom stereocenters. The van der Waals surface area contributed by atoms with Crippen molar-refractivity contribution in [3.8, 4) is 0 Å². The van der Waals surface area contributed by atoms with Crippen molar-refractivity contribution in [1.82, 2.24) is 10.2 Å². The van der Waals surface area contributed by atoms with Crippen molar-refractivity contribution in [3.05, 3.63) is 0 Å². The van der Waals surface area contributed by atoms with Crippen LogP contribution in [0.1, 0.15) is 45.4 Å². The molecule has 0 spiro atoms. The second-order valence-electron chi connectivity index (χ2n) is 6.59. The molecule has 0 aromatic carbocycles. The van der Waals surface area contributed by atoms with Gasteiger partial charge in [-0.2, -0.15) is 11.8 Å². The second kappa shape index (κ2) is 11.1. The minimum absolute atomic E-state index is 0.0262. The first-order chi connectivity index (χ1) is 11.9. The highest BCUT2D eigenvalue weighted by Crippen LogP contribution is 2.29. The molecule has 1 aliphatic carbocycles. The van der Waals surface area contributed by atoms with Gasteiger partial charge in [0.05, 0.1) is 0 Å². The summed E-state index contributed by atoms with van der Waals surface area (Å²) < 4.78 is 0. The summed E-state index contributed by atoms with van der Waals surface area (Å²) >= 11 is 1.50. The van der Waals surface area contributed by atoms with E-state index in [9.17, 15) is 19.2 Å². The lowest BCUT2D eigenvalue weighted by atomic mass is 9.81. The highest BCUT2D eigenvalue weighted by molar-refractivity contribution is 7.99. The van der Waals surface area contributed by atoms with Gasteiger partial charge in [0.15, 0.2) is 0 Å². The van der Waals surface area contributed by atoms with Gasteiger partial charge in [0.2, 0.25) is 24.1 Å². The van der Waals surface area contributed by atoms with Gasteiger partial charge in [-0.05, 0) is 31.6 Å². The Bertz CT molecular complexity index is 479. The normalized spacial score (nSPS) is 21.2. The van der Waals surface area contributed by atoms with Crippen molar-refractivity contribution in [1.29, 1.82) is 0 Å². The first-order valence-electron chi connectivity index (χ1n) is 8.73. The number of carbonyl (C=O) groups excluding carboxylic acids is 4. The second-order valence-corrected chi connectivity index (χ2v) is 8.13. The van der Waals surface area contributed by atoms with E-state index in [0.29, 0.717) is 18.7 Å². The Hall–Kier alpha value is -1.57. The molecule has 8 heteroatoms. The molecule has 1 unspecified atom stereocenters. The average molecular weight is 372 g/mol. The van der Waals surface area contributed by atoms with E-state index in [0.717, 1.165) is 25.7 Å². The van der Waals surface area contributed by atoms with Crippen LogP contribution < -0.4 is 11.1 Å². The summed E-state index contributed by atoms with van der Waals surface area (Å²) in [6.07, 6.45) is 4.44. The predicted molar refractivity (Wildman–Crippen MR) is 97.6 cm³/mol. The van der Waals surface area contributed by atoms with Crippen LogP contribution in [0.25, 0.3) is 0 Å². The van der Waals surface area contributed by atoms with E-state index in [4.69, 9.17) is 5.73 Å². The number of primary amides is 1. The fourth-order valence-electron chi connectivity index (χ4n) is 3.08. The largest absolute Gasteiger partial charge is 0.370 e. The van der Waals surface area contributed by atoms with E-state index in [1.54, 1.807) is 7.05 Å². The molecule has 3 N–H and O–H groups in total. The molecule has 1 aliphatic rings. The van der Waals surface area contributed by atoms with Crippen molar-refractivity contribution in [2.24, 2.45) is 17.6 Å². The lowest BCUT2D eigenvalue weighted by Crippen LogP contribution is -2.38. The summed E-state index contributed by atoms with van der Waals surface area (Å²) in [6, 6.07) is 0. The van der Waals surface area contributed by atoms with E-state index in [1.165, 1.54) is 16.7 Å². The lowest BCUT2D eigenvalue weighted by molar-refractivity contribution is -0.139. The molecular weight excluding hydrogens is 342 g/mol. The van der Waals surface area contributed by atoms with Crippen LogP contribution in [0.5, 0.6) is 0 Å². The lowest BCUT2D eigenvalue weighted by Gasteiger charge is -2.30. The monoisotopic (exact) mass is 371 g/mol. The SMILES string of the molecule is CNC(=O)C1CCC(CN(C=O)C(=O)CC(C)SCCC(N)=O)CC1. The van der Waals surface area contributed by atoms with Crippen molar-refractivity contribution >= 4 is 35.9 Å². The van der Waals surface area contributed by atoms with Crippen molar-refractivity contribution in [2.75, 3.05) is 19.3 Å². The third-order valence-electron chi connectivity index (χ3n) is 4.58. The molecule has 0 bridgehead atoms. The summed E-state index contributed by atoms with van der Waals surface area (Å²) in [5.74, 6) is 0.407. The molecule has 1 rings (SSSR count). The molecule has 142 valence electrons. The quantitative estimate of drug-likeness (QED) is 0.555. The fraction of sp³-hybridized carbons (Fsp3) is 0.765. The van der Waals surface area contributed by atoms with Gasteiger partial charge in [0, 0.05) is 43.4 Å². The summed E-state index contributed by atoms with van der Waals surface area (Å²) in [5.41, 5.74) is 5.09. The van der Waals surface area contributed by atoms with Gasteiger partial charge < -0.3 is 11.1 Å². The number of thioether (sulfide) groups is 1. The Labute approximate surface area is 153 Å². The Morgan fingerprint density at radius 1 is 1.28 bits per heavy atom. The standard InChI is InChI=1S/C17H29N3O4S/c1-12(25-8-7-15(18)22)9-16(23)20(11-21)10-13-3-5-14(6-4-13)17(24)19-2/h11-14H,3-10H2,1-2H3,(H2,18,22)(H,19,24). The number of amides is 4. The van der Waals surface area contributed by atoms with Crippen LogP contribution in [0.4, 0.5) is 0 Å². The zero-order chi connectivity index (χ0) is 18.8. The minimum atomic E-state index is -0.354. The number of hydrogen-bond donors (Lipinski definition) is 2. The van der Waals surface area contributed by atoms with Crippen molar-refractivity contribution in [3.63, 3.8) is 0 Å². The van der Waals surface area contributed by atoms with Crippen molar-refractivity contribution in [2.45, 2.75) is 50.7 Å². The highest BCUT2D eigenvalue weighted by atomic mass is 32.2. The maximum atomic E-state index is 12.3. The first-order valence-corrected chi connectivity index (χ1v) is 9.78. The number of rotatable bonds is 10. The Kier molecular flexibility index (Phi) is 9.55. The van der Waals surface area contributed by atoms with Crippen LogP contribution in [0.2, 0.25) is 0 Å². The topological polar surface area (TPSA) is 110 Å². The summed E-state index contributed by atoms with van der Waals surface area (Å²) in [4.78, 5) is 47.2. The molecule has 0 heterocycles. The zero-order valence-corrected chi connectivity index (χ0v) is 15.8. The molecule has 25 heavy (non-hydrogen) atoms. The third kappa shape index (κ3) is 7.90. The van der Waals surface area contributed by atoms with E-state index in [1.807, 2.05) is 6.92 Å². The molecule has 0 radical (unpaired) electrons. The Balaban J connectivity index is 2.38.